The van der Waals surface area contributed by atoms with Crippen LogP contribution >= 0.6 is 31.3 Å². The minimum Gasteiger partial charge on any atom is -0.790 e. The van der Waals surface area contributed by atoms with Crippen molar-refractivity contribution in [1.29, 1.82) is 0 Å². The zero-order chi connectivity index (χ0) is 47.5. The van der Waals surface area contributed by atoms with Crippen molar-refractivity contribution in [2.75, 3.05) is 0 Å². The number of hydrogen-bond donors (Lipinski definition) is 17. The molecule has 0 aliphatic heterocycles. The monoisotopic (exact) mass is 1130 g/mol. The van der Waals surface area contributed by atoms with Crippen LogP contribution in [0.4, 0.5) is 9.59 Å². The number of urea groups is 1. The van der Waals surface area contributed by atoms with Crippen LogP contribution in [-0.4, -0.2) is 185 Å². The van der Waals surface area contributed by atoms with Gasteiger partial charge >= 0.3 is 186 Å². The van der Waals surface area contributed by atoms with Crippen LogP contribution in [0.25, 0.3) is 0 Å². The molecule has 0 fully saturated rings. The summed E-state index contributed by atoms with van der Waals surface area (Å²) in [6.07, 6.45) is -2.33. The number of carbonyl (C=O) groups is 2. The van der Waals surface area contributed by atoms with E-state index in [1.165, 1.54) is 0 Å². The summed E-state index contributed by atoms with van der Waals surface area (Å²) in [5.41, 5.74) is 8.50. The maximum atomic E-state index is 9.00. The van der Waals surface area contributed by atoms with E-state index in [9.17, 15) is 0 Å². The van der Waals surface area contributed by atoms with Gasteiger partial charge in [-0.05, 0) is 6.16 Å². The van der Waals surface area contributed by atoms with Crippen LogP contribution in [0.2, 0.25) is 0 Å². The summed E-state index contributed by atoms with van der Waals surface area (Å²) >= 11 is 0. The van der Waals surface area contributed by atoms with Gasteiger partial charge < -0.3 is 190 Å². The van der Waals surface area contributed by atoms with Gasteiger partial charge in [0, 0.05) is 10.4 Å². The molecule has 59 heteroatoms. The average molecular weight is 1130 g/mol. The van der Waals surface area contributed by atoms with Crippen molar-refractivity contribution in [2.45, 2.75) is 0 Å². The number of hydrogen-bond acceptors (Lipinski definition) is 28. The van der Waals surface area contributed by atoms with Gasteiger partial charge in [-0.25, -0.2) is 18.5 Å². The van der Waals surface area contributed by atoms with E-state index < -0.39 is 79.3 Å². The van der Waals surface area contributed by atoms with Gasteiger partial charge in [0.05, 0.1) is 28.2 Å². The van der Waals surface area contributed by atoms with E-state index in [1.807, 2.05) is 0 Å². The van der Waals surface area contributed by atoms with E-state index in [1.54, 1.807) is 0 Å². The van der Waals surface area contributed by atoms with Gasteiger partial charge in [0.1, 0.15) is 0 Å². The van der Waals surface area contributed by atoms with Crippen molar-refractivity contribution in [3.8, 4) is 0 Å². The molecule has 0 aromatic carbocycles. The van der Waals surface area contributed by atoms with E-state index in [2.05, 4.69) is 11.5 Å². The predicted octanol–water partition coefficient (Wildman–Crippen LogP) is -16.3. The molecule has 50 nitrogen and oxygen atoms in total. The van der Waals surface area contributed by atoms with Gasteiger partial charge in [-0.3, -0.25) is 8.42 Å². The van der Waals surface area contributed by atoms with Crippen molar-refractivity contribution in [2.24, 2.45) is 11.5 Å². The van der Waals surface area contributed by atoms with Gasteiger partial charge in [-0.1, -0.05) is 0 Å². The Balaban J connectivity index is -0.0000000165. The Bertz CT molecular complexity index is 1020. The minimum absolute atomic E-state index is 0. The topological polar surface area (TPSA) is 1000 Å². The maximum absolute atomic E-state index is 9.00. The van der Waals surface area contributed by atoms with Gasteiger partial charge in [-0.15, -0.1) is 10.1 Å². The number of nitrogens with two attached hydrogens (primary N) is 2. The van der Waals surface area contributed by atoms with Crippen LogP contribution in [-0.2, 0) is 28.7 Å². The fourth-order valence-electron chi connectivity index (χ4n) is 0. The Morgan fingerprint density at radius 2 is 0.492 bits per heavy atom. The van der Waals surface area contributed by atoms with E-state index in [0.29, 0.717) is 0 Å². The SMILES string of the molecule is NC(N)=O.O=C([O-])[O-].O=P(O)(O)O.O=P(O)(O)O.O=P(O)(O)O.O=P([O-])([O-])O.O=S(=O)([O-])[O-].O=[N+]([O-])O.O=[N+]([O-])[O-].O=[N+]([O-])[O-].O=[N+]([O-])[O-].O=[N+]([O-])[O-].[Ca+2].[Ca+2].[K+].[NH4+].[NH4+].[NH4+].[NH4+].[Na+]. The van der Waals surface area contributed by atoms with Gasteiger partial charge in [0.2, 0.25) is 0 Å². The summed E-state index contributed by atoms with van der Waals surface area (Å²) < 4.78 is 69.4. The second-order valence-corrected chi connectivity index (χ2v) is 9.03. The molecule has 0 unspecified atom stereocenters. The minimum atomic E-state index is -5.17. The number of carbonyl (C=O) groups excluding carboxylic acids is 2. The summed E-state index contributed by atoms with van der Waals surface area (Å²) in [6.45, 7) is 0. The summed E-state index contributed by atoms with van der Waals surface area (Å²) in [6, 6.07) is -0.833. The molecule has 0 rings (SSSR count). The smallest absolute Gasteiger partial charge is 0.790 e. The van der Waals surface area contributed by atoms with Crippen molar-refractivity contribution in [3.63, 3.8) is 0 Å². The number of quaternary nitrogens is 4. The first kappa shape index (κ1) is 131. The third kappa shape index (κ3) is 8430000. The third-order valence-corrected chi connectivity index (χ3v) is 0. The predicted molar refractivity (Wildman–Crippen MR) is 168 cm³/mol. The number of carboxylic acid groups (broad SMARTS) is 2. The van der Waals surface area contributed by atoms with Gasteiger partial charge in [-0.2, -0.15) is 0 Å². The molecule has 0 bridgehead atoms. The van der Waals surface area contributed by atoms with Crippen LogP contribution in [0.3, 0.4) is 0 Å². The quantitative estimate of drug-likeness (QED) is 0.0267. The van der Waals surface area contributed by atoms with Crippen molar-refractivity contribution in [1.82, 2.24) is 24.6 Å². The van der Waals surface area contributed by atoms with E-state index in [4.69, 9.17) is 191 Å². The zero-order valence-corrected chi connectivity index (χ0v) is 44.3. The second-order valence-electron chi connectivity index (χ2n) is 4.20. The molecular formula is C2H31Ca2KN11NaO39P4S. The second kappa shape index (κ2) is 80.2. The molecule has 0 atom stereocenters. The number of rotatable bonds is 0. The van der Waals surface area contributed by atoms with Gasteiger partial charge in [0.15, 0.2) is 0 Å². The Labute approximate surface area is 456 Å². The van der Waals surface area contributed by atoms with Crippen molar-refractivity contribution < 1.29 is 226 Å². The van der Waals surface area contributed by atoms with E-state index in [-0.39, 0.29) is 181 Å². The Hall–Kier alpha value is -0.154. The summed E-state index contributed by atoms with van der Waals surface area (Å²) in [4.78, 5) is 148. The van der Waals surface area contributed by atoms with Crippen LogP contribution < -0.4 is 137 Å². The van der Waals surface area contributed by atoms with Crippen LogP contribution in [0.1, 0.15) is 0 Å². The number of phosphoric acid groups is 4. The van der Waals surface area contributed by atoms with Crippen molar-refractivity contribution in [3.05, 3.63) is 71.4 Å². The zero-order valence-electron chi connectivity index (χ0n) is 30.4. The van der Waals surface area contributed by atoms with Gasteiger partial charge in [0.25, 0.3) is 5.09 Å². The molecule has 0 saturated heterocycles. The first-order valence-corrected chi connectivity index (χ1v) is 15.4. The average Bonchev–Trinajstić information content (AvgIpc) is 2.56. The molecule has 0 heterocycles. The summed E-state index contributed by atoms with van der Waals surface area (Å²) in [5, 5.41) is 89.3. The molecule has 61 heavy (non-hydrogen) atoms. The normalized spacial score (nSPS) is 7.57. The first-order chi connectivity index (χ1) is 22.1. The third-order valence-electron chi connectivity index (χ3n) is 0. The molecule has 0 aromatic heterocycles. The number of amides is 2. The fraction of sp³-hybridized carbons (Fsp3) is 0. The molecule has 0 aliphatic rings. The molecule has 0 radical (unpaired) electrons. The standard InChI is InChI=1S/CH4N2O.CH2O3.2Ca.K.HNO3.4NO3.4H3N.Na.4H3O4P.H2O4S/c2*2-1(3)4;;;;5*2-1(3)4;;;;;;5*1-5(2,3)4/h(H4,2,3,4);(H2,2,3,4);;;;(H,2,3,4);;;;;4*1H3;;4*(H3,1,2,3,4);(H2,1,2,3,4)/q;;2*+2;+1;;4*-1;;;;;+1;;;;;/p-2. The molecule has 2 amide bonds. The van der Waals surface area contributed by atoms with Crippen LogP contribution in [0, 0.1) is 71.4 Å². The molecular weight excluding hydrogens is 1100 g/mol. The summed E-state index contributed by atoms with van der Waals surface area (Å²) in [7, 11) is -24.2. The largest absolute Gasteiger partial charge is 2.00 e. The van der Waals surface area contributed by atoms with Crippen LogP contribution in [0.15, 0.2) is 0 Å². The Morgan fingerprint density at radius 1 is 0.492 bits per heavy atom. The molecule has 360 valence electrons. The Kier molecular flexibility index (Phi) is 172. The first-order valence-electron chi connectivity index (χ1n) is 7.91. The number of primary amides is 2. The van der Waals surface area contributed by atoms with E-state index in [0.717, 1.165) is 0 Å². The molecule has 0 aliphatic carbocycles. The molecule has 0 aromatic rings. The molecule has 31 N–H and O–H groups in total. The van der Waals surface area contributed by atoms with E-state index >= 15 is 0 Å². The Morgan fingerprint density at radius 3 is 0.492 bits per heavy atom. The molecule has 0 spiro atoms. The maximum Gasteiger partial charge on any atom is 2.00 e. The van der Waals surface area contributed by atoms with Crippen LogP contribution in [0.5, 0.6) is 0 Å². The molecule has 0 saturated carbocycles. The summed E-state index contributed by atoms with van der Waals surface area (Å²) in [5.74, 6) is 0. The van der Waals surface area contributed by atoms with Crippen molar-refractivity contribution >= 4 is 129 Å². The fourth-order valence-corrected chi connectivity index (χ4v) is 0. The number of nitrogens with zero attached hydrogens (tertiary/aromatic N) is 5.